The molecule has 1 heterocycles. The van der Waals surface area contributed by atoms with Crippen molar-refractivity contribution in [2.45, 2.75) is 19.3 Å². The van der Waals surface area contributed by atoms with Gasteiger partial charge in [0, 0.05) is 0 Å². The van der Waals surface area contributed by atoms with E-state index in [0.29, 0.717) is 0 Å². The predicted molar refractivity (Wildman–Crippen MR) is 73.0 cm³/mol. The molecule has 0 bridgehead atoms. The van der Waals surface area contributed by atoms with E-state index in [4.69, 9.17) is 28.5 Å². The highest BCUT2D eigenvalue weighted by Crippen LogP contribution is 2.44. The summed E-state index contributed by atoms with van der Waals surface area (Å²) in [6.07, 6.45) is -10.6. The highest BCUT2D eigenvalue weighted by molar-refractivity contribution is 6.38. The molecule has 0 N–H and O–H groups in total. The predicted octanol–water partition coefficient (Wildman–Crippen LogP) is 5.68. The molecule has 0 amide bonds. The van der Waals surface area contributed by atoms with Gasteiger partial charge < -0.3 is 0 Å². The van der Waals surface area contributed by atoms with Gasteiger partial charge in [-0.3, -0.25) is 0 Å². The van der Waals surface area contributed by atoms with Crippen LogP contribution in [0.3, 0.4) is 0 Å². The van der Waals surface area contributed by atoms with E-state index in [-0.39, 0.29) is 4.68 Å². The summed E-state index contributed by atoms with van der Waals surface area (Å²) in [6, 6.07) is 1.21. The van der Waals surface area contributed by atoms with Crippen LogP contribution < -0.4 is 0 Å². The average molecular weight is 424 g/mol. The Morgan fingerprint density at radius 1 is 0.962 bits per heavy atom. The molecule has 140 valence electrons. The summed E-state index contributed by atoms with van der Waals surface area (Å²) in [5, 5.41) is 9.04. The van der Waals surface area contributed by atoms with Gasteiger partial charge in [-0.05, 0) is 6.92 Å². The Bertz CT molecular complexity index is 908. The van der Waals surface area contributed by atoms with Crippen molar-refractivity contribution in [2.75, 3.05) is 0 Å². The first-order valence-corrected chi connectivity index (χ1v) is 6.99. The molecule has 0 atom stereocenters. The molecule has 13 heteroatoms. The first kappa shape index (κ1) is 20.3. The zero-order chi connectivity index (χ0) is 20.2. The topological polar surface area (TPSA) is 41.6 Å². The smallest absolute Gasteiger partial charge is 0.233 e. The fraction of sp³-hybridized carbons (Fsp3) is 0.231. The van der Waals surface area contributed by atoms with E-state index >= 15 is 0 Å². The highest BCUT2D eigenvalue weighted by atomic mass is 35.5. The number of nitriles is 1. The van der Waals surface area contributed by atoms with Crippen LogP contribution >= 0.6 is 23.2 Å². The number of nitrogens with zero attached hydrogens (tertiary/aromatic N) is 3. The van der Waals surface area contributed by atoms with Crippen LogP contribution in [0.2, 0.25) is 10.0 Å². The Kier molecular flexibility index (Phi) is 4.89. The van der Waals surface area contributed by atoms with Crippen LogP contribution in [0.4, 0.5) is 35.1 Å². The lowest BCUT2D eigenvalue weighted by Gasteiger charge is -2.16. The van der Waals surface area contributed by atoms with Crippen molar-refractivity contribution in [3.8, 4) is 11.8 Å². The van der Waals surface area contributed by atoms with Gasteiger partial charge in [0.15, 0.2) is 17.3 Å². The summed E-state index contributed by atoms with van der Waals surface area (Å²) in [5.41, 5.74) is -6.81. The van der Waals surface area contributed by atoms with Gasteiger partial charge in [-0.2, -0.15) is 36.7 Å². The lowest BCUT2D eigenvalue weighted by atomic mass is 10.1. The molecule has 1 aromatic carbocycles. The molecule has 2 rings (SSSR count). The molecule has 26 heavy (non-hydrogen) atoms. The Labute approximate surface area is 149 Å². The number of halogens is 10. The lowest BCUT2D eigenvalue weighted by molar-refractivity contribution is -0.142. The largest absolute Gasteiger partial charge is 0.436 e. The number of rotatable bonds is 1. The molecule has 0 aliphatic rings. The minimum absolute atomic E-state index is 0.165. The van der Waals surface area contributed by atoms with Crippen molar-refractivity contribution >= 4 is 23.2 Å². The van der Waals surface area contributed by atoms with Gasteiger partial charge in [0.05, 0.1) is 5.69 Å². The SMILES string of the molecule is Cc1c(C#N)c(C(F)(F)F)nn1-c1c(Cl)c(F)c(C(F)(F)F)c(F)c1Cl. The zero-order valence-corrected chi connectivity index (χ0v) is 13.6. The molecular formula is C13H3Cl2F8N3. The van der Waals surface area contributed by atoms with Gasteiger partial charge in [-0.25, -0.2) is 13.5 Å². The fourth-order valence-electron chi connectivity index (χ4n) is 2.11. The van der Waals surface area contributed by atoms with Crippen molar-refractivity contribution in [3.05, 3.63) is 44.2 Å². The summed E-state index contributed by atoms with van der Waals surface area (Å²) in [7, 11) is 0. The van der Waals surface area contributed by atoms with E-state index in [1.165, 1.54) is 6.07 Å². The second-order valence-corrected chi connectivity index (χ2v) is 5.56. The molecule has 3 nitrogen and oxygen atoms in total. The first-order valence-electron chi connectivity index (χ1n) is 6.23. The van der Waals surface area contributed by atoms with Gasteiger partial charge in [0.1, 0.15) is 32.9 Å². The summed E-state index contributed by atoms with van der Waals surface area (Å²) in [5.74, 6) is -4.56. The Balaban J connectivity index is 2.93. The molecule has 0 aliphatic heterocycles. The number of alkyl halides is 6. The molecule has 0 saturated carbocycles. The molecule has 0 radical (unpaired) electrons. The maximum atomic E-state index is 14.0. The molecule has 0 aliphatic carbocycles. The van der Waals surface area contributed by atoms with E-state index in [9.17, 15) is 35.1 Å². The van der Waals surface area contributed by atoms with Gasteiger partial charge >= 0.3 is 12.4 Å². The summed E-state index contributed by atoms with van der Waals surface area (Å²) >= 11 is 10.9. The van der Waals surface area contributed by atoms with Crippen LogP contribution in [0.25, 0.3) is 5.69 Å². The van der Waals surface area contributed by atoms with Crippen molar-refractivity contribution in [1.82, 2.24) is 9.78 Å². The Hall–Kier alpha value is -2.06. The first-order chi connectivity index (χ1) is 11.7. The summed E-state index contributed by atoms with van der Waals surface area (Å²) in [4.78, 5) is 0. The van der Waals surface area contributed by atoms with Gasteiger partial charge in [-0.1, -0.05) is 23.2 Å². The van der Waals surface area contributed by atoms with Crippen LogP contribution in [0.15, 0.2) is 0 Å². The maximum absolute atomic E-state index is 14.0. The average Bonchev–Trinajstić information content (AvgIpc) is 2.81. The third-order valence-corrected chi connectivity index (χ3v) is 3.92. The molecule has 0 saturated heterocycles. The molecule has 2 aromatic rings. The van der Waals surface area contributed by atoms with E-state index in [1.807, 2.05) is 0 Å². The molecule has 0 fully saturated rings. The van der Waals surface area contributed by atoms with Gasteiger partial charge in [-0.15, -0.1) is 0 Å². The monoisotopic (exact) mass is 423 g/mol. The number of hydrogen-bond acceptors (Lipinski definition) is 2. The second-order valence-electron chi connectivity index (χ2n) is 4.81. The van der Waals surface area contributed by atoms with Crippen molar-refractivity contribution in [2.24, 2.45) is 0 Å². The van der Waals surface area contributed by atoms with Crippen molar-refractivity contribution in [3.63, 3.8) is 0 Å². The quantitative estimate of drug-likeness (QED) is 0.437. The summed E-state index contributed by atoms with van der Waals surface area (Å²) in [6.45, 7) is 0.918. The van der Waals surface area contributed by atoms with Crippen LogP contribution in [0, 0.1) is 29.9 Å². The van der Waals surface area contributed by atoms with Crippen LogP contribution in [0.1, 0.15) is 22.5 Å². The summed E-state index contributed by atoms with van der Waals surface area (Å²) < 4.78 is 105. The third-order valence-electron chi connectivity index (χ3n) is 3.23. The van der Waals surface area contributed by atoms with Crippen LogP contribution in [-0.4, -0.2) is 9.78 Å². The standard InChI is InChI=1S/C13H3Cl2F8N3/c1-3-4(2-24)11(13(21,22)23)25-26(3)10-6(14)8(16)5(12(18,19)20)9(17)7(10)15/h1H3. The fourth-order valence-corrected chi connectivity index (χ4v) is 2.69. The second kappa shape index (κ2) is 6.28. The van der Waals surface area contributed by atoms with Crippen molar-refractivity contribution in [1.29, 1.82) is 5.26 Å². The molecule has 1 aromatic heterocycles. The minimum atomic E-state index is -5.51. The van der Waals surface area contributed by atoms with Gasteiger partial charge in [0.2, 0.25) is 0 Å². The Morgan fingerprint density at radius 2 is 1.42 bits per heavy atom. The Morgan fingerprint density at radius 3 is 1.73 bits per heavy atom. The van der Waals surface area contributed by atoms with Crippen LogP contribution in [-0.2, 0) is 12.4 Å². The normalized spacial score (nSPS) is 12.4. The van der Waals surface area contributed by atoms with E-state index < -0.39 is 62.2 Å². The van der Waals surface area contributed by atoms with Crippen LogP contribution in [0.5, 0.6) is 0 Å². The number of benzene rings is 1. The lowest BCUT2D eigenvalue weighted by Crippen LogP contribution is -2.15. The highest BCUT2D eigenvalue weighted by Gasteiger charge is 2.43. The van der Waals surface area contributed by atoms with E-state index in [1.54, 1.807) is 0 Å². The zero-order valence-electron chi connectivity index (χ0n) is 12.1. The molecule has 0 spiro atoms. The minimum Gasteiger partial charge on any atom is -0.233 e. The van der Waals surface area contributed by atoms with Gasteiger partial charge in [0.25, 0.3) is 0 Å². The van der Waals surface area contributed by atoms with Crippen molar-refractivity contribution < 1.29 is 35.1 Å². The number of hydrogen-bond donors (Lipinski definition) is 0. The molecule has 0 unspecified atom stereocenters. The maximum Gasteiger partial charge on any atom is 0.436 e. The van der Waals surface area contributed by atoms with E-state index in [0.717, 1.165) is 6.92 Å². The number of aromatic nitrogens is 2. The van der Waals surface area contributed by atoms with E-state index in [2.05, 4.69) is 5.10 Å². The molecular weight excluding hydrogens is 421 g/mol. The third kappa shape index (κ3) is 3.07.